The highest BCUT2D eigenvalue weighted by Crippen LogP contribution is 2.43. The zero-order chi connectivity index (χ0) is 22.3. The smallest absolute Gasteiger partial charge is 0.257 e. The zero-order valence-electron chi connectivity index (χ0n) is 16.5. The average molecular weight is 432 g/mol. The lowest BCUT2D eigenvalue weighted by Gasteiger charge is -2.48. The molecule has 162 valence electrons. The first-order chi connectivity index (χ1) is 14.7. The van der Waals surface area contributed by atoms with E-state index in [4.69, 9.17) is 0 Å². The van der Waals surface area contributed by atoms with Gasteiger partial charge in [0.25, 0.3) is 5.91 Å². The highest BCUT2D eigenvalue weighted by Gasteiger charge is 2.52. The summed E-state index contributed by atoms with van der Waals surface area (Å²) in [5.41, 5.74) is 4.00. The topological polar surface area (TPSA) is 81.8 Å². The molecule has 2 N–H and O–H groups in total. The first kappa shape index (κ1) is 20.7. The molecule has 1 atom stereocenters. The summed E-state index contributed by atoms with van der Waals surface area (Å²) in [6.07, 6.45) is 0.535. The van der Waals surface area contributed by atoms with E-state index >= 15 is 0 Å². The van der Waals surface area contributed by atoms with Gasteiger partial charge in [0, 0.05) is 19.4 Å². The fraction of sp³-hybridized carbons (Fsp3) is 0.286. The number of amides is 3. The Kier molecular flexibility index (Phi) is 5.08. The normalized spacial score (nSPS) is 19.9. The standard InChI is InChI=1S/C21H19F3N4O3/c1-21-10-8-17(30)28(21)15-5-3-2-4-12(15)20(31)27(21)11-9-16(29)26-25-14-7-6-13(22)18(23)19(14)24/h2-7,25H,8-11H2,1H3,(H,26,29). The van der Waals surface area contributed by atoms with Crippen molar-refractivity contribution in [2.24, 2.45) is 0 Å². The monoisotopic (exact) mass is 432 g/mol. The molecule has 0 radical (unpaired) electrons. The Balaban J connectivity index is 1.47. The summed E-state index contributed by atoms with van der Waals surface area (Å²) in [7, 11) is 0. The molecule has 2 aromatic carbocycles. The van der Waals surface area contributed by atoms with E-state index in [1.54, 1.807) is 36.1 Å². The maximum absolute atomic E-state index is 13.7. The van der Waals surface area contributed by atoms with Crippen LogP contribution in [0.5, 0.6) is 0 Å². The van der Waals surface area contributed by atoms with Gasteiger partial charge in [0.2, 0.25) is 11.8 Å². The van der Waals surface area contributed by atoms with Crippen LogP contribution in [0, 0.1) is 17.5 Å². The van der Waals surface area contributed by atoms with Gasteiger partial charge in [-0.15, -0.1) is 0 Å². The van der Waals surface area contributed by atoms with Gasteiger partial charge in [-0.05, 0) is 37.6 Å². The van der Waals surface area contributed by atoms with Crippen LogP contribution in [0.15, 0.2) is 36.4 Å². The van der Waals surface area contributed by atoms with E-state index in [2.05, 4.69) is 10.9 Å². The van der Waals surface area contributed by atoms with Crippen LogP contribution in [0.1, 0.15) is 36.5 Å². The molecule has 1 saturated heterocycles. The van der Waals surface area contributed by atoms with Crippen molar-refractivity contribution in [3.8, 4) is 0 Å². The molecule has 31 heavy (non-hydrogen) atoms. The third-order valence-corrected chi connectivity index (χ3v) is 5.68. The minimum atomic E-state index is -1.66. The van der Waals surface area contributed by atoms with Crippen molar-refractivity contribution in [2.45, 2.75) is 31.8 Å². The largest absolute Gasteiger partial charge is 0.315 e. The van der Waals surface area contributed by atoms with Gasteiger partial charge >= 0.3 is 0 Å². The van der Waals surface area contributed by atoms with Gasteiger partial charge in [-0.2, -0.15) is 0 Å². The number of hydrogen-bond donors (Lipinski definition) is 2. The molecule has 1 fully saturated rings. The zero-order valence-corrected chi connectivity index (χ0v) is 16.5. The second kappa shape index (κ2) is 7.60. The summed E-state index contributed by atoms with van der Waals surface area (Å²) in [4.78, 5) is 40.9. The predicted molar refractivity (Wildman–Crippen MR) is 105 cm³/mol. The molecule has 7 nitrogen and oxygen atoms in total. The van der Waals surface area contributed by atoms with E-state index in [0.717, 1.165) is 12.1 Å². The summed E-state index contributed by atoms with van der Waals surface area (Å²) in [6, 6.07) is 8.48. The Morgan fingerprint density at radius 1 is 1.10 bits per heavy atom. The SMILES string of the molecule is CC12CCC(=O)N1c1ccccc1C(=O)N2CCC(=O)NNc1ccc(F)c(F)c1F. The number of benzene rings is 2. The minimum absolute atomic E-state index is 0.00121. The molecule has 2 aliphatic rings. The van der Waals surface area contributed by atoms with E-state index in [9.17, 15) is 27.6 Å². The molecular weight excluding hydrogens is 413 g/mol. The highest BCUT2D eigenvalue weighted by molar-refractivity contribution is 6.10. The number of anilines is 2. The van der Waals surface area contributed by atoms with Crippen molar-refractivity contribution >= 4 is 29.1 Å². The van der Waals surface area contributed by atoms with E-state index in [1.807, 2.05) is 0 Å². The Morgan fingerprint density at radius 3 is 2.61 bits per heavy atom. The van der Waals surface area contributed by atoms with Crippen molar-refractivity contribution in [1.82, 2.24) is 10.3 Å². The van der Waals surface area contributed by atoms with Crippen LogP contribution in [0.4, 0.5) is 24.5 Å². The summed E-state index contributed by atoms with van der Waals surface area (Å²) in [5, 5.41) is 0. The molecule has 2 aromatic rings. The average Bonchev–Trinajstić information content (AvgIpc) is 3.06. The van der Waals surface area contributed by atoms with Crippen molar-refractivity contribution in [2.75, 3.05) is 16.9 Å². The molecule has 2 aliphatic heterocycles. The van der Waals surface area contributed by atoms with Gasteiger partial charge in [0.05, 0.1) is 16.9 Å². The van der Waals surface area contributed by atoms with Gasteiger partial charge in [0.1, 0.15) is 5.66 Å². The Labute approximate surface area is 175 Å². The van der Waals surface area contributed by atoms with Gasteiger partial charge in [0.15, 0.2) is 17.5 Å². The molecular formula is C21H19F3N4O3. The molecule has 2 heterocycles. The van der Waals surface area contributed by atoms with Gasteiger partial charge < -0.3 is 4.90 Å². The number of rotatable bonds is 5. The van der Waals surface area contributed by atoms with Gasteiger partial charge in [-0.3, -0.25) is 30.1 Å². The lowest BCUT2D eigenvalue weighted by molar-refractivity contribution is -0.121. The number of nitrogens with zero attached hydrogens (tertiary/aromatic N) is 2. The van der Waals surface area contributed by atoms with Crippen molar-refractivity contribution in [3.63, 3.8) is 0 Å². The quantitative estimate of drug-likeness (QED) is 0.562. The van der Waals surface area contributed by atoms with Crippen LogP contribution in [-0.2, 0) is 9.59 Å². The Hall–Kier alpha value is -3.56. The fourth-order valence-corrected chi connectivity index (χ4v) is 4.08. The Bertz CT molecular complexity index is 1090. The summed E-state index contributed by atoms with van der Waals surface area (Å²) < 4.78 is 40.0. The second-order valence-corrected chi connectivity index (χ2v) is 7.57. The first-order valence-electron chi connectivity index (χ1n) is 9.66. The van der Waals surface area contributed by atoms with E-state index in [1.165, 1.54) is 4.90 Å². The second-order valence-electron chi connectivity index (χ2n) is 7.57. The van der Waals surface area contributed by atoms with Crippen molar-refractivity contribution in [1.29, 1.82) is 0 Å². The number of carbonyl (C=O) groups excluding carboxylic acids is 3. The fourth-order valence-electron chi connectivity index (χ4n) is 4.08. The van der Waals surface area contributed by atoms with Gasteiger partial charge in [-0.1, -0.05) is 12.1 Å². The van der Waals surface area contributed by atoms with Crippen LogP contribution in [0.25, 0.3) is 0 Å². The molecule has 0 spiro atoms. The van der Waals surface area contributed by atoms with E-state index < -0.39 is 34.7 Å². The molecule has 4 rings (SSSR count). The molecule has 0 bridgehead atoms. The van der Waals surface area contributed by atoms with Crippen molar-refractivity contribution in [3.05, 3.63) is 59.4 Å². The van der Waals surface area contributed by atoms with Crippen LogP contribution in [0.3, 0.4) is 0 Å². The third kappa shape index (κ3) is 3.37. The molecule has 1 unspecified atom stereocenters. The molecule has 0 saturated carbocycles. The van der Waals surface area contributed by atoms with Crippen LogP contribution < -0.4 is 15.8 Å². The van der Waals surface area contributed by atoms with Crippen LogP contribution in [-0.4, -0.2) is 34.8 Å². The van der Waals surface area contributed by atoms with E-state index in [-0.39, 0.29) is 31.2 Å². The summed E-state index contributed by atoms with van der Waals surface area (Å²) >= 11 is 0. The number of hydrogen-bond acceptors (Lipinski definition) is 4. The molecule has 0 aromatic heterocycles. The van der Waals surface area contributed by atoms with Gasteiger partial charge in [-0.25, -0.2) is 13.2 Å². The van der Waals surface area contributed by atoms with Crippen molar-refractivity contribution < 1.29 is 27.6 Å². The Morgan fingerprint density at radius 2 is 1.84 bits per heavy atom. The number of nitrogens with one attached hydrogen (secondary N) is 2. The highest BCUT2D eigenvalue weighted by atomic mass is 19.2. The maximum atomic E-state index is 13.7. The minimum Gasteiger partial charge on any atom is -0.315 e. The molecule has 0 aliphatic carbocycles. The number of hydrazine groups is 1. The number of para-hydroxylation sites is 1. The third-order valence-electron chi connectivity index (χ3n) is 5.68. The van der Waals surface area contributed by atoms with E-state index in [0.29, 0.717) is 17.7 Å². The number of carbonyl (C=O) groups is 3. The number of fused-ring (bicyclic) bond motifs is 3. The number of halogens is 3. The molecule has 10 heteroatoms. The predicted octanol–water partition coefficient (Wildman–Crippen LogP) is 2.94. The molecule has 3 amide bonds. The summed E-state index contributed by atoms with van der Waals surface area (Å²) in [6.45, 7) is 1.78. The first-order valence-corrected chi connectivity index (χ1v) is 9.66. The van der Waals surface area contributed by atoms with Crippen LogP contribution >= 0.6 is 0 Å². The lowest BCUT2D eigenvalue weighted by atomic mass is 9.98. The summed E-state index contributed by atoms with van der Waals surface area (Å²) in [5.74, 6) is -5.47. The van der Waals surface area contributed by atoms with Crippen LogP contribution in [0.2, 0.25) is 0 Å². The maximum Gasteiger partial charge on any atom is 0.257 e. The lowest BCUT2D eigenvalue weighted by Crippen LogP contribution is -2.62.